The van der Waals surface area contributed by atoms with Crippen molar-refractivity contribution < 1.29 is 19.1 Å². The molecule has 1 unspecified atom stereocenters. The molecular formula is C20H22BrN3O4. The van der Waals surface area contributed by atoms with Gasteiger partial charge in [0, 0.05) is 42.9 Å². The maximum atomic E-state index is 12.6. The van der Waals surface area contributed by atoms with Gasteiger partial charge in [0.25, 0.3) is 0 Å². The third-order valence-electron chi connectivity index (χ3n) is 4.47. The Morgan fingerprint density at radius 3 is 2.89 bits per heavy atom. The van der Waals surface area contributed by atoms with Crippen molar-refractivity contribution in [3.63, 3.8) is 0 Å². The van der Waals surface area contributed by atoms with E-state index in [0.29, 0.717) is 25.6 Å². The Hall–Kier alpha value is -2.45. The van der Waals surface area contributed by atoms with Crippen LogP contribution in [0.15, 0.2) is 47.1 Å². The molecule has 0 radical (unpaired) electrons. The van der Waals surface area contributed by atoms with E-state index in [1.807, 2.05) is 30.3 Å². The Morgan fingerprint density at radius 1 is 1.29 bits per heavy atom. The predicted molar refractivity (Wildman–Crippen MR) is 108 cm³/mol. The van der Waals surface area contributed by atoms with Crippen molar-refractivity contribution in [1.82, 2.24) is 10.3 Å². The Kier molecular flexibility index (Phi) is 7.00. The summed E-state index contributed by atoms with van der Waals surface area (Å²) in [4.78, 5) is 30.9. The number of halogens is 1. The van der Waals surface area contributed by atoms with E-state index in [0.717, 1.165) is 15.7 Å². The quantitative estimate of drug-likeness (QED) is 0.628. The number of rotatable bonds is 8. The van der Waals surface area contributed by atoms with Gasteiger partial charge in [0.2, 0.25) is 17.7 Å². The minimum absolute atomic E-state index is 0.0583. The molecule has 148 valence electrons. The highest BCUT2D eigenvalue weighted by Crippen LogP contribution is 2.31. The fourth-order valence-corrected chi connectivity index (χ4v) is 3.52. The van der Waals surface area contributed by atoms with Crippen LogP contribution >= 0.6 is 15.9 Å². The Morgan fingerprint density at radius 2 is 2.11 bits per heavy atom. The second kappa shape index (κ2) is 9.66. The highest BCUT2D eigenvalue weighted by molar-refractivity contribution is 9.10. The van der Waals surface area contributed by atoms with Crippen LogP contribution in [0.5, 0.6) is 5.88 Å². The number of aromatic nitrogens is 1. The average Bonchev–Trinajstić information content (AvgIpc) is 3.09. The number of carbonyl (C=O) groups is 2. The van der Waals surface area contributed by atoms with E-state index in [4.69, 9.17) is 9.47 Å². The molecule has 1 aliphatic heterocycles. The summed E-state index contributed by atoms with van der Waals surface area (Å²) in [7, 11) is 1.60. The molecule has 0 saturated carbocycles. The van der Waals surface area contributed by atoms with Gasteiger partial charge in [0.15, 0.2) is 0 Å². The molecule has 8 heteroatoms. The van der Waals surface area contributed by atoms with Crippen molar-refractivity contribution in [3.8, 4) is 5.88 Å². The predicted octanol–water partition coefficient (Wildman–Crippen LogP) is 2.54. The third-order valence-corrected chi connectivity index (χ3v) is 5.14. The molecule has 3 rings (SSSR count). The molecule has 1 atom stereocenters. The van der Waals surface area contributed by atoms with Crippen molar-refractivity contribution in [3.05, 3.63) is 52.6 Å². The fraction of sp³-hybridized carbons (Fsp3) is 0.350. The van der Waals surface area contributed by atoms with Crippen LogP contribution in [0.1, 0.15) is 12.0 Å². The van der Waals surface area contributed by atoms with Gasteiger partial charge in [-0.3, -0.25) is 9.59 Å². The van der Waals surface area contributed by atoms with Crippen LogP contribution < -0.4 is 15.0 Å². The molecule has 1 fully saturated rings. The van der Waals surface area contributed by atoms with Crippen molar-refractivity contribution in [2.24, 2.45) is 5.92 Å². The summed E-state index contributed by atoms with van der Waals surface area (Å²) < 4.78 is 11.4. The molecule has 2 heterocycles. The van der Waals surface area contributed by atoms with Gasteiger partial charge < -0.3 is 19.7 Å². The number of para-hydroxylation sites is 1. The van der Waals surface area contributed by atoms with Gasteiger partial charge in [-0.2, -0.15) is 0 Å². The first-order valence-corrected chi connectivity index (χ1v) is 9.77. The minimum atomic E-state index is -0.394. The smallest absolute Gasteiger partial charge is 0.227 e. The molecule has 1 aromatic heterocycles. The van der Waals surface area contributed by atoms with Gasteiger partial charge in [-0.15, -0.1) is 0 Å². The molecule has 0 spiro atoms. The Balaban J connectivity index is 1.59. The summed E-state index contributed by atoms with van der Waals surface area (Å²) >= 11 is 3.46. The Bertz CT molecular complexity index is 846. The summed E-state index contributed by atoms with van der Waals surface area (Å²) in [6.07, 6.45) is 1.83. The van der Waals surface area contributed by atoms with Gasteiger partial charge in [-0.1, -0.05) is 18.2 Å². The lowest BCUT2D eigenvalue weighted by Crippen LogP contribution is -2.32. The molecular weight excluding hydrogens is 426 g/mol. The molecule has 1 aromatic carbocycles. The first kappa shape index (κ1) is 20.3. The van der Waals surface area contributed by atoms with Crippen molar-refractivity contribution in [2.45, 2.75) is 13.0 Å². The van der Waals surface area contributed by atoms with E-state index in [2.05, 4.69) is 26.2 Å². The van der Waals surface area contributed by atoms with Crippen molar-refractivity contribution >= 4 is 33.4 Å². The molecule has 1 aliphatic rings. The molecule has 2 aromatic rings. The van der Waals surface area contributed by atoms with Gasteiger partial charge >= 0.3 is 0 Å². The van der Waals surface area contributed by atoms with Crippen LogP contribution in [0.25, 0.3) is 0 Å². The van der Waals surface area contributed by atoms with E-state index >= 15 is 0 Å². The van der Waals surface area contributed by atoms with Gasteiger partial charge in [-0.25, -0.2) is 4.98 Å². The maximum Gasteiger partial charge on any atom is 0.227 e. The Labute approximate surface area is 172 Å². The monoisotopic (exact) mass is 447 g/mol. The largest absolute Gasteiger partial charge is 0.475 e. The maximum absolute atomic E-state index is 12.6. The van der Waals surface area contributed by atoms with E-state index in [-0.39, 0.29) is 24.8 Å². The summed E-state index contributed by atoms with van der Waals surface area (Å²) in [5, 5.41) is 2.90. The number of anilines is 1. The second-order valence-corrected chi connectivity index (χ2v) is 7.24. The fourth-order valence-electron chi connectivity index (χ4n) is 3.02. The topological polar surface area (TPSA) is 80.8 Å². The first-order chi connectivity index (χ1) is 13.6. The zero-order chi connectivity index (χ0) is 19.9. The van der Waals surface area contributed by atoms with E-state index in [9.17, 15) is 9.59 Å². The van der Waals surface area contributed by atoms with Crippen LogP contribution in [0.4, 0.5) is 5.69 Å². The second-order valence-electron chi connectivity index (χ2n) is 6.38. The van der Waals surface area contributed by atoms with Crippen molar-refractivity contribution in [2.75, 3.05) is 31.8 Å². The molecule has 2 amide bonds. The van der Waals surface area contributed by atoms with Crippen LogP contribution in [0, 0.1) is 5.92 Å². The van der Waals surface area contributed by atoms with Crippen LogP contribution in [0.2, 0.25) is 0 Å². The number of pyridine rings is 1. The highest BCUT2D eigenvalue weighted by atomic mass is 79.9. The van der Waals surface area contributed by atoms with Crippen LogP contribution in [0.3, 0.4) is 0 Å². The van der Waals surface area contributed by atoms with Crippen molar-refractivity contribution in [1.29, 1.82) is 0 Å². The summed E-state index contributed by atoms with van der Waals surface area (Å²) in [6, 6.07) is 11.1. The summed E-state index contributed by atoms with van der Waals surface area (Å²) in [5.41, 5.74) is 1.56. The number of hydrogen-bond acceptors (Lipinski definition) is 5. The lowest BCUT2D eigenvalue weighted by molar-refractivity contribution is -0.126. The van der Waals surface area contributed by atoms with Crippen LogP contribution in [-0.2, 0) is 20.9 Å². The van der Waals surface area contributed by atoms with Gasteiger partial charge in [0.05, 0.1) is 18.2 Å². The summed E-state index contributed by atoms with van der Waals surface area (Å²) in [6.45, 7) is 1.48. The third kappa shape index (κ3) is 4.88. The number of hydrogen-bond donors (Lipinski definition) is 1. The number of carbonyl (C=O) groups excluding carboxylic acids is 2. The van der Waals surface area contributed by atoms with Gasteiger partial charge in [0.1, 0.15) is 6.61 Å². The number of ether oxygens (including phenoxy) is 2. The van der Waals surface area contributed by atoms with E-state index < -0.39 is 5.92 Å². The number of amides is 2. The summed E-state index contributed by atoms with van der Waals surface area (Å²) in [5.74, 6) is -0.141. The molecule has 1 saturated heterocycles. The number of methoxy groups -OCH3 is 1. The molecule has 1 N–H and O–H groups in total. The standard InChI is InChI=1S/C20H22BrN3O4/c1-27-9-10-28-20-14(5-4-8-22-20)12-23-19(26)15-11-18(25)24(13-15)17-7-3-2-6-16(17)21/h2-8,15H,9-13H2,1H3,(H,23,26). The zero-order valence-electron chi connectivity index (χ0n) is 15.6. The lowest BCUT2D eigenvalue weighted by atomic mass is 10.1. The molecule has 7 nitrogen and oxygen atoms in total. The van der Waals surface area contributed by atoms with E-state index in [1.54, 1.807) is 24.3 Å². The van der Waals surface area contributed by atoms with E-state index in [1.165, 1.54) is 0 Å². The first-order valence-electron chi connectivity index (χ1n) is 8.98. The zero-order valence-corrected chi connectivity index (χ0v) is 17.1. The average molecular weight is 448 g/mol. The lowest BCUT2D eigenvalue weighted by Gasteiger charge is -2.18. The number of benzene rings is 1. The highest BCUT2D eigenvalue weighted by Gasteiger charge is 2.35. The molecule has 0 aliphatic carbocycles. The molecule has 28 heavy (non-hydrogen) atoms. The number of nitrogens with one attached hydrogen (secondary N) is 1. The normalized spacial score (nSPS) is 16.3. The SMILES string of the molecule is COCCOc1ncccc1CNC(=O)C1CC(=O)N(c2ccccc2Br)C1. The molecule has 0 bridgehead atoms. The number of nitrogens with zero attached hydrogens (tertiary/aromatic N) is 2. The van der Waals surface area contributed by atoms with Gasteiger partial charge in [-0.05, 0) is 34.1 Å². The van der Waals surface area contributed by atoms with Crippen LogP contribution in [-0.4, -0.2) is 43.7 Å². The minimum Gasteiger partial charge on any atom is -0.475 e.